The molecule has 4 nitrogen and oxygen atoms in total. The molecule has 2 N–H and O–H groups in total. The van der Waals surface area contributed by atoms with Crippen molar-refractivity contribution in [3.63, 3.8) is 0 Å². The van der Waals surface area contributed by atoms with Crippen LogP contribution >= 0.6 is 0 Å². The summed E-state index contributed by atoms with van der Waals surface area (Å²) >= 11 is 0. The highest BCUT2D eigenvalue weighted by Crippen LogP contribution is 2.17. The van der Waals surface area contributed by atoms with Gasteiger partial charge in [-0.1, -0.05) is 0 Å². The highest BCUT2D eigenvalue weighted by Gasteiger charge is 2.03. The Bertz CT molecular complexity index is 276. The van der Waals surface area contributed by atoms with Gasteiger partial charge in [-0.3, -0.25) is 4.98 Å². The first-order valence-corrected chi connectivity index (χ1v) is 4.02. The average molecular weight is 182 g/mol. The van der Waals surface area contributed by atoms with E-state index in [4.69, 9.17) is 15.2 Å². The van der Waals surface area contributed by atoms with Gasteiger partial charge in [-0.05, 0) is 0 Å². The summed E-state index contributed by atoms with van der Waals surface area (Å²) in [7, 11) is 3.25. The molecule has 0 aliphatic carbocycles. The van der Waals surface area contributed by atoms with Crippen LogP contribution in [0.15, 0.2) is 12.3 Å². The molecule has 1 heterocycles. The topological polar surface area (TPSA) is 57.4 Å². The first-order chi connectivity index (χ1) is 6.31. The number of ether oxygens (including phenoxy) is 2. The van der Waals surface area contributed by atoms with E-state index < -0.39 is 0 Å². The molecule has 0 amide bonds. The Kier molecular flexibility index (Phi) is 3.67. The standard InChI is InChI=1S/C9H14N2O2/c1-12-6-8-3-9(13-2)7(4-10)5-11-8/h3,5H,4,6,10H2,1-2H3. The van der Waals surface area contributed by atoms with Gasteiger partial charge in [0.2, 0.25) is 0 Å². The first kappa shape index (κ1) is 9.95. The molecule has 0 aromatic carbocycles. The Balaban J connectivity index is 2.91. The molecule has 0 radical (unpaired) electrons. The molecule has 0 saturated carbocycles. The zero-order chi connectivity index (χ0) is 9.68. The molecule has 1 aromatic rings. The van der Waals surface area contributed by atoms with Gasteiger partial charge in [0, 0.05) is 31.5 Å². The number of nitrogens with zero attached hydrogens (tertiary/aromatic N) is 1. The summed E-state index contributed by atoms with van der Waals surface area (Å²) in [6.07, 6.45) is 1.72. The molecular formula is C9H14N2O2. The second-order valence-electron chi connectivity index (χ2n) is 2.62. The Morgan fingerprint density at radius 1 is 1.46 bits per heavy atom. The van der Waals surface area contributed by atoms with Crippen LogP contribution in [0, 0.1) is 0 Å². The van der Waals surface area contributed by atoms with Crippen molar-refractivity contribution in [3.05, 3.63) is 23.5 Å². The van der Waals surface area contributed by atoms with E-state index in [-0.39, 0.29) is 0 Å². The third-order valence-corrected chi connectivity index (χ3v) is 1.73. The molecule has 0 fully saturated rings. The van der Waals surface area contributed by atoms with Gasteiger partial charge in [-0.25, -0.2) is 0 Å². The van der Waals surface area contributed by atoms with Crippen molar-refractivity contribution in [3.8, 4) is 5.75 Å². The van der Waals surface area contributed by atoms with Crippen LogP contribution in [-0.2, 0) is 17.9 Å². The van der Waals surface area contributed by atoms with Gasteiger partial charge in [-0.15, -0.1) is 0 Å². The zero-order valence-corrected chi connectivity index (χ0v) is 7.91. The van der Waals surface area contributed by atoms with Crippen LogP contribution in [0.1, 0.15) is 11.3 Å². The van der Waals surface area contributed by atoms with Crippen molar-refractivity contribution < 1.29 is 9.47 Å². The molecule has 0 bridgehead atoms. The monoisotopic (exact) mass is 182 g/mol. The number of aromatic nitrogens is 1. The molecule has 4 heteroatoms. The van der Waals surface area contributed by atoms with E-state index in [1.165, 1.54) is 0 Å². The van der Waals surface area contributed by atoms with Gasteiger partial charge in [0.05, 0.1) is 19.4 Å². The Labute approximate surface area is 77.7 Å². The SMILES string of the molecule is COCc1cc(OC)c(CN)cn1. The van der Waals surface area contributed by atoms with Gasteiger partial charge in [0.1, 0.15) is 5.75 Å². The van der Waals surface area contributed by atoms with Crippen molar-refractivity contribution in [1.82, 2.24) is 4.98 Å². The normalized spacial score (nSPS) is 10.1. The molecule has 0 aliphatic rings. The number of rotatable bonds is 4. The fourth-order valence-corrected chi connectivity index (χ4v) is 1.08. The number of hydrogen-bond donors (Lipinski definition) is 1. The van der Waals surface area contributed by atoms with Crippen molar-refractivity contribution >= 4 is 0 Å². The number of nitrogens with two attached hydrogens (primary N) is 1. The highest BCUT2D eigenvalue weighted by molar-refractivity contribution is 5.32. The second kappa shape index (κ2) is 4.79. The third kappa shape index (κ3) is 2.40. The first-order valence-electron chi connectivity index (χ1n) is 4.02. The van der Waals surface area contributed by atoms with E-state index in [9.17, 15) is 0 Å². The largest absolute Gasteiger partial charge is 0.496 e. The molecule has 1 aromatic heterocycles. The lowest BCUT2D eigenvalue weighted by atomic mass is 10.2. The summed E-state index contributed by atoms with van der Waals surface area (Å²) in [6.45, 7) is 0.921. The van der Waals surface area contributed by atoms with E-state index in [2.05, 4.69) is 4.98 Å². The second-order valence-corrected chi connectivity index (χ2v) is 2.62. The van der Waals surface area contributed by atoms with E-state index in [0.29, 0.717) is 13.2 Å². The van der Waals surface area contributed by atoms with Crippen LogP contribution in [0.3, 0.4) is 0 Å². The highest BCUT2D eigenvalue weighted by atomic mass is 16.5. The Morgan fingerprint density at radius 2 is 2.23 bits per heavy atom. The molecule has 0 unspecified atom stereocenters. The maximum absolute atomic E-state index is 5.50. The van der Waals surface area contributed by atoms with Crippen molar-refractivity contribution in [2.24, 2.45) is 5.73 Å². The van der Waals surface area contributed by atoms with Crippen LogP contribution in [0.25, 0.3) is 0 Å². The quantitative estimate of drug-likeness (QED) is 0.744. The van der Waals surface area contributed by atoms with Gasteiger partial charge in [0.25, 0.3) is 0 Å². The van der Waals surface area contributed by atoms with Crippen molar-refractivity contribution in [1.29, 1.82) is 0 Å². The summed E-state index contributed by atoms with van der Waals surface area (Å²) in [6, 6.07) is 1.84. The Morgan fingerprint density at radius 3 is 2.77 bits per heavy atom. The molecular weight excluding hydrogens is 168 g/mol. The maximum Gasteiger partial charge on any atom is 0.126 e. The molecule has 72 valence electrons. The van der Waals surface area contributed by atoms with Crippen molar-refractivity contribution in [2.75, 3.05) is 14.2 Å². The third-order valence-electron chi connectivity index (χ3n) is 1.73. The molecule has 13 heavy (non-hydrogen) atoms. The minimum Gasteiger partial charge on any atom is -0.496 e. The predicted molar refractivity (Wildman–Crippen MR) is 49.4 cm³/mol. The summed E-state index contributed by atoms with van der Waals surface area (Å²) in [5.41, 5.74) is 7.25. The van der Waals surface area contributed by atoms with E-state index in [1.54, 1.807) is 20.4 Å². The van der Waals surface area contributed by atoms with Gasteiger partial charge in [-0.2, -0.15) is 0 Å². The lowest BCUT2D eigenvalue weighted by molar-refractivity contribution is 0.181. The van der Waals surface area contributed by atoms with Crippen LogP contribution < -0.4 is 10.5 Å². The van der Waals surface area contributed by atoms with Crippen molar-refractivity contribution in [2.45, 2.75) is 13.2 Å². The molecule has 0 aliphatic heterocycles. The molecule has 0 atom stereocenters. The van der Waals surface area contributed by atoms with Gasteiger partial charge in [0.15, 0.2) is 0 Å². The minimum absolute atomic E-state index is 0.434. The maximum atomic E-state index is 5.50. The van der Waals surface area contributed by atoms with E-state index in [0.717, 1.165) is 17.0 Å². The average Bonchev–Trinajstić information content (AvgIpc) is 2.18. The zero-order valence-electron chi connectivity index (χ0n) is 7.91. The smallest absolute Gasteiger partial charge is 0.126 e. The summed E-state index contributed by atoms with van der Waals surface area (Å²) in [5.74, 6) is 0.768. The fourth-order valence-electron chi connectivity index (χ4n) is 1.08. The summed E-state index contributed by atoms with van der Waals surface area (Å²) in [4.78, 5) is 4.16. The lowest BCUT2D eigenvalue weighted by Crippen LogP contribution is -2.02. The fraction of sp³-hybridized carbons (Fsp3) is 0.444. The van der Waals surface area contributed by atoms with Crippen LogP contribution in [0.4, 0.5) is 0 Å². The summed E-state index contributed by atoms with van der Waals surface area (Å²) in [5, 5.41) is 0. The Hall–Kier alpha value is -1.13. The van der Waals surface area contributed by atoms with Crippen LogP contribution in [-0.4, -0.2) is 19.2 Å². The summed E-state index contributed by atoms with van der Waals surface area (Å²) < 4.78 is 10.1. The number of pyridine rings is 1. The minimum atomic E-state index is 0.434. The molecule has 0 saturated heterocycles. The number of hydrogen-bond acceptors (Lipinski definition) is 4. The molecule has 1 rings (SSSR count). The van der Waals surface area contributed by atoms with Crippen LogP contribution in [0.5, 0.6) is 5.75 Å². The van der Waals surface area contributed by atoms with Crippen LogP contribution in [0.2, 0.25) is 0 Å². The van der Waals surface area contributed by atoms with Gasteiger partial charge >= 0.3 is 0 Å². The van der Waals surface area contributed by atoms with E-state index >= 15 is 0 Å². The number of methoxy groups -OCH3 is 2. The lowest BCUT2D eigenvalue weighted by Gasteiger charge is -2.07. The van der Waals surface area contributed by atoms with E-state index in [1.807, 2.05) is 6.07 Å². The predicted octanol–water partition coefficient (Wildman–Crippen LogP) is 0.695. The molecule has 0 spiro atoms. The van der Waals surface area contributed by atoms with Gasteiger partial charge < -0.3 is 15.2 Å².